The van der Waals surface area contributed by atoms with E-state index in [0.29, 0.717) is 11.1 Å². The molecular weight excluding hydrogens is 496 g/mol. The van der Waals surface area contributed by atoms with E-state index in [-0.39, 0.29) is 11.7 Å². The van der Waals surface area contributed by atoms with Crippen LogP contribution < -0.4 is 0 Å². The summed E-state index contributed by atoms with van der Waals surface area (Å²) in [7, 11) is 3.08. The SMILES string of the molecule is CC1(C)N([O])C(c2ccc(SSc3ccc(C4=[N+]([O-])C(C)(C)C(C)(C)N4[O])cc3)cc2)=[N+]([O-])C1(C)C. The number of benzene rings is 2. The van der Waals surface area contributed by atoms with E-state index in [1.807, 2.05) is 24.3 Å². The molecule has 0 amide bonds. The third-order valence-electron chi connectivity index (χ3n) is 8.25. The van der Waals surface area contributed by atoms with Gasteiger partial charge in [-0.25, -0.2) is 0 Å². The first-order chi connectivity index (χ1) is 16.5. The van der Waals surface area contributed by atoms with Crippen LogP contribution in [0.2, 0.25) is 0 Å². The molecule has 0 aromatic heterocycles. The van der Waals surface area contributed by atoms with Crippen LogP contribution in [0.1, 0.15) is 66.5 Å². The molecule has 0 bridgehead atoms. The molecule has 0 saturated carbocycles. The Morgan fingerprint density at radius 2 is 0.861 bits per heavy atom. The summed E-state index contributed by atoms with van der Waals surface area (Å²) >= 11 is 0. The van der Waals surface area contributed by atoms with E-state index in [1.165, 1.54) is 21.6 Å². The number of rotatable bonds is 5. The Kier molecular flexibility index (Phi) is 6.35. The Bertz CT molecular complexity index is 1140. The maximum atomic E-state index is 12.9. The molecule has 8 nitrogen and oxygen atoms in total. The average Bonchev–Trinajstić information content (AvgIpc) is 3.02. The molecule has 0 aliphatic carbocycles. The van der Waals surface area contributed by atoms with Gasteiger partial charge in [0.05, 0.1) is 11.1 Å². The first kappa shape index (κ1) is 26.7. The van der Waals surface area contributed by atoms with Gasteiger partial charge in [-0.2, -0.15) is 0 Å². The second-order valence-corrected chi connectivity index (χ2v) is 13.6. The molecular formula is C26H32N4O4S2. The Morgan fingerprint density at radius 3 is 1.08 bits per heavy atom. The molecule has 0 N–H and O–H groups in total. The number of hydrogen-bond acceptors (Lipinski definition) is 6. The minimum absolute atomic E-state index is 0.125. The Hall–Kier alpha value is -2.40. The molecule has 2 aromatic rings. The van der Waals surface area contributed by atoms with Crippen LogP contribution in [-0.2, 0) is 10.4 Å². The first-order valence-corrected chi connectivity index (χ1v) is 13.9. The van der Waals surface area contributed by atoms with Crippen molar-refractivity contribution in [3.63, 3.8) is 0 Å². The minimum atomic E-state index is -0.853. The third kappa shape index (κ3) is 3.77. The van der Waals surface area contributed by atoms with Gasteiger partial charge in [-0.05, 0) is 104 Å². The van der Waals surface area contributed by atoms with E-state index in [9.17, 15) is 20.8 Å². The number of hydroxylamine groups is 6. The fraction of sp³-hybridized carbons (Fsp3) is 0.462. The average molecular weight is 529 g/mol. The lowest BCUT2D eigenvalue weighted by molar-refractivity contribution is -0.539. The zero-order valence-electron chi connectivity index (χ0n) is 21.9. The second kappa shape index (κ2) is 8.58. The van der Waals surface area contributed by atoms with Crippen molar-refractivity contribution >= 4 is 33.3 Å². The molecule has 2 aromatic carbocycles. The van der Waals surface area contributed by atoms with Gasteiger partial charge in [0.2, 0.25) is 0 Å². The van der Waals surface area contributed by atoms with E-state index < -0.39 is 22.2 Å². The summed E-state index contributed by atoms with van der Waals surface area (Å²) in [6.45, 7) is 14.2. The van der Waals surface area contributed by atoms with Crippen LogP contribution in [0.25, 0.3) is 0 Å². The van der Waals surface area contributed by atoms with Crippen molar-refractivity contribution in [2.45, 2.75) is 87.3 Å². The van der Waals surface area contributed by atoms with Crippen LogP contribution in [0.15, 0.2) is 58.3 Å². The third-order valence-corrected chi connectivity index (χ3v) is 10.7. The lowest BCUT2D eigenvalue weighted by Gasteiger charge is -2.32. The van der Waals surface area contributed by atoms with Crippen molar-refractivity contribution < 1.29 is 19.9 Å². The van der Waals surface area contributed by atoms with Crippen LogP contribution in [0, 0.1) is 10.4 Å². The zero-order valence-corrected chi connectivity index (χ0v) is 23.5. The molecule has 0 spiro atoms. The molecule has 2 aliphatic heterocycles. The van der Waals surface area contributed by atoms with E-state index in [0.717, 1.165) is 29.4 Å². The largest absolute Gasteiger partial charge is 0.714 e. The molecule has 192 valence electrons. The summed E-state index contributed by atoms with van der Waals surface area (Å²) in [6.07, 6.45) is 0. The standard InChI is InChI=1S/C26H32N4O4S2/c1-23(2)24(3,4)28(32)21(27(23)31)17-9-13-19(14-10-17)35-36-20-15-11-18(12-16-20)22-29(33)25(5,6)26(7,8)30(22)34/h9-16H,1-8H3. The van der Waals surface area contributed by atoms with Crippen molar-refractivity contribution in [2.75, 3.05) is 0 Å². The molecule has 36 heavy (non-hydrogen) atoms. The molecule has 0 atom stereocenters. The highest BCUT2D eigenvalue weighted by molar-refractivity contribution is 8.76. The van der Waals surface area contributed by atoms with Gasteiger partial charge in [0.1, 0.15) is 11.1 Å². The molecule has 0 saturated heterocycles. The summed E-state index contributed by atoms with van der Waals surface area (Å²) in [6, 6.07) is 14.7. The number of hydrogen-bond donors (Lipinski definition) is 0. The van der Waals surface area contributed by atoms with Gasteiger partial charge in [-0.3, -0.25) is 9.48 Å². The Balaban J connectivity index is 1.46. The van der Waals surface area contributed by atoms with Gasteiger partial charge in [0.15, 0.2) is 11.1 Å². The molecule has 10 heteroatoms. The van der Waals surface area contributed by atoms with Gasteiger partial charge in [-0.15, -0.1) is 0 Å². The summed E-state index contributed by atoms with van der Waals surface area (Å²) in [5.74, 6) is 0.251. The second-order valence-electron chi connectivity index (χ2n) is 11.3. The van der Waals surface area contributed by atoms with E-state index >= 15 is 0 Å². The fourth-order valence-electron chi connectivity index (χ4n) is 4.10. The Morgan fingerprint density at radius 1 is 0.583 bits per heavy atom. The predicted octanol–water partition coefficient (Wildman–Crippen LogP) is 5.44. The molecule has 0 unspecified atom stereocenters. The minimum Gasteiger partial charge on any atom is -0.714 e. The highest BCUT2D eigenvalue weighted by Crippen LogP contribution is 2.41. The summed E-state index contributed by atoms with van der Waals surface area (Å²) < 4.78 is 1.63. The maximum Gasteiger partial charge on any atom is 0.316 e. The van der Waals surface area contributed by atoms with Crippen LogP contribution in [0.3, 0.4) is 0 Å². The van der Waals surface area contributed by atoms with Crippen LogP contribution in [-0.4, -0.2) is 53.4 Å². The van der Waals surface area contributed by atoms with Crippen molar-refractivity contribution in [1.82, 2.24) is 10.1 Å². The predicted molar refractivity (Wildman–Crippen MR) is 141 cm³/mol. The fourth-order valence-corrected chi connectivity index (χ4v) is 6.03. The van der Waals surface area contributed by atoms with E-state index in [2.05, 4.69) is 0 Å². The number of amidine groups is 2. The monoisotopic (exact) mass is 528 g/mol. The summed E-state index contributed by atoms with van der Waals surface area (Å²) in [5.41, 5.74) is -2.24. The van der Waals surface area contributed by atoms with Gasteiger partial charge in [0.25, 0.3) is 0 Å². The van der Waals surface area contributed by atoms with Gasteiger partial charge in [0, 0.05) is 20.2 Å². The van der Waals surface area contributed by atoms with Crippen molar-refractivity contribution in [3.05, 3.63) is 70.1 Å². The first-order valence-electron chi connectivity index (χ1n) is 11.7. The maximum absolute atomic E-state index is 12.9. The zero-order chi connectivity index (χ0) is 26.8. The summed E-state index contributed by atoms with van der Waals surface area (Å²) in [4.78, 5) is 1.93. The lowest BCUT2D eigenvalue weighted by Crippen LogP contribution is -2.53. The van der Waals surface area contributed by atoms with Crippen molar-refractivity contribution in [1.29, 1.82) is 0 Å². The van der Waals surface area contributed by atoms with Crippen LogP contribution in [0.5, 0.6) is 0 Å². The quantitative estimate of drug-likeness (QED) is 0.291. The van der Waals surface area contributed by atoms with Crippen LogP contribution in [0.4, 0.5) is 0 Å². The van der Waals surface area contributed by atoms with Gasteiger partial charge < -0.3 is 10.4 Å². The smallest absolute Gasteiger partial charge is 0.316 e. The topological polar surface area (TPSA) is 98.4 Å². The highest BCUT2D eigenvalue weighted by Gasteiger charge is 2.60. The molecule has 2 aliphatic rings. The van der Waals surface area contributed by atoms with E-state index in [4.69, 9.17) is 0 Å². The van der Waals surface area contributed by atoms with Crippen molar-refractivity contribution in [3.8, 4) is 0 Å². The molecule has 4 rings (SSSR count). The number of nitrogens with zero attached hydrogens (tertiary/aromatic N) is 4. The van der Waals surface area contributed by atoms with Gasteiger partial charge in [-0.1, -0.05) is 31.7 Å². The van der Waals surface area contributed by atoms with Crippen molar-refractivity contribution in [2.24, 2.45) is 0 Å². The molecule has 2 heterocycles. The molecule has 2 radical (unpaired) electrons. The molecule has 0 fully saturated rings. The summed E-state index contributed by atoms with van der Waals surface area (Å²) in [5, 5.41) is 53.1. The highest BCUT2D eigenvalue weighted by atomic mass is 33.1. The lowest BCUT2D eigenvalue weighted by atomic mass is 9.84. The van der Waals surface area contributed by atoms with Gasteiger partial charge >= 0.3 is 11.7 Å². The normalized spacial score (nSPS) is 22.1. The van der Waals surface area contributed by atoms with Crippen LogP contribution >= 0.6 is 21.6 Å². The van der Waals surface area contributed by atoms with E-state index in [1.54, 1.807) is 79.7 Å². The Labute approximate surface area is 220 Å².